The van der Waals surface area contributed by atoms with Crippen LogP contribution in [0.15, 0.2) is 23.1 Å². The number of benzene rings is 1. The molecule has 112 valence electrons. The maximum absolute atomic E-state index is 13.7. The number of carbonyl (C=O) groups is 1. The van der Waals surface area contributed by atoms with Gasteiger partial charge in [-0.3, -0.25) is 4.79 Å². The van der Waals surface area contributed by atoms with Gasteiger partial charge in [0.15, 0.2) is 5.82 Å². The van der Waals surface area contributed by atoms with E-state index in [0.717, 1.165) is 6.07 Å². The average Bonchev–Trinajstić information content (AvgIpc) is 2.37. The van der Waals surface area contributed by atoms with Crippen molar-refractivity contribution >= 4 is 27.6 Å². The van der Waals surface area contributed by atoms with Crippen molar-refractivity contribution < 1.29 is 27.4 Å². The Bertz CT molecular complexity index is 592. The van der Waals surface area contributed by atoms with E-state index in [9.17, 15) is 17.6 Å². The van der Waals surface area contributed by atoms with Gasteiger partial charge in [0.1, 0.15) is 10.9 Å². The van der Waals surface area contributed by atoms with Crippen molar-refractivity contribution in [2.75, 3.05) is 13.7 Å². The fourth-order valence-corrected chi connectivity index (χ4v) is 2.97. The van der Waals surface area contributed by atoms with Crippen LogP contribution in [-0.4, -0.2) is 39.3 Å². The fraction of sp³-hybridized carbons (Fsp3) is 0.364. The molecule has 1 atom stereocenters. The quantitative estimate of drug-likeness (QED) is 0.787. The van der Waals surface area contributed by atoms with Crippen LogP contribution in [0.5, 0.6) is 0 Å². The minimum absolute atomic E-state index is 0.0392. The van der Waals surface area contributed by atoms with Crippen LogP contribution >= 0.6 is 11.6 Å². The predicted molar refractivity (Wildman–Crippen MR) is 69.6 cm³/mol. The summed E-state index contributed by atoms with van der Waals surface area (Å²) in [5.41, 5.74) is 0. The van der Waals surface area contributed by atoms with E-state index in [1.807, 2.05) is 4.72 Å². The Labute approximate surface area is 120 Å². The number of sulfonamides is 1. The molecule has 1 rings (SSSR count). The SMILES string of the molecule is COCCC(NS(=O)(=O)c1cccc(Cl)c1F)C(=O)O. The van der Waals surface area contributed by atoms with E-state index in [4.69, 9.17) is 21.4 Å². The molecule has 0 aliphatic carbocycles. The van der Waals surface area contributed by atoms with Gasteiger partial charge in [0.25, 0.3) is 0 Å². The molecule has 0 saturated carbocycles. The molecule has 0 aromatic heterocycles. The minimum Gasteiger partial charge on any atom is -0.480 e. The first-order valence-corrected chi connectivity index (χ1v) is 7.33. The van der Waals surface area contributed by atoms with Crippen LogP contribution in [0.25, 0.3) is 0 Å². The minimum atomic E-state index is -4.33. The molecule has 20 heavy (non-hydrogen) atoms. The van der Waals surface area contributed by atoms with E-state index in [-0.39, 0.29) is 18.1 Å². The predicted octanol–water partition coefficient (Wildman–Crippen LogP) is 1.25. The second kappa shape index (κ2) is 6.98. The number of ether oxygens (including phenoxy) is 1. The third-order valence-electron chi connectivity index (χ3n) is 2.41. The van der Waals surface area contributed by atoms with Crippen LogP contribution in [0.1, 0.15) is 6.42 Å². The molecule has 6 nitrogen and oxygen atoms in total. The molecule has 9 heteroatoms. The van der Waals surface area contributed by atoms with Crippen molar-refractivity contribution in [3.8, 4) is 0 Å². The lowest BCUT2D eigenvalue weighted by Crippen LogP contribution is -2.41. The number of halogens is 2. The highest BCUT2D eigenvalue weighted by Gasteiger charge is 2.27. The highest BCUT2D eigenvalue weighted by molar-refractivity contribution is 7.89. The summed E-state index contributed by atoms with van der Waals surface area (Å²) < 4.78 is 44.2. The van der Waals surface area contributed by atoms with Gasteiger partial charge < -0.3 is 9.84 Å². The van der Waals surface area contributed by atoms with E-state index in [1.54, 1.807) is 0 Å². The largest absolute Gasteiger partial charge is 0.480 e. The number of hydrogen-bond donors (Lipinski definition) is 2. The van der Waals surface area contributed by atoms with Crippen molar-refractivity contribution in [3.05, 3.63) is 29.0 Å². The Kier molecular flexibility index (Phi) is 5.88. The van der Waals surface area contributed by atoms with Crippen molar-refractivity contribution in [1.82, 2.24) is 4.72 Å². The van der Waals surface area contributed by atoms with Gasteiger partial charge in [-0.1, -0.05) is 17.7 Å². The lowest BCUT2D eigenvalue weighted by atomic mass is 10.2. The Balaban J connectivity index is 3.04. The number of methoxy groups -OCH3 is 1. The highest BCUT2D eigenvalue weighted by atomic mass is 35.5. The Morgan fingerprint density at radius 3 is 2.75 bits per heavy atom. The summed E-state index contributed by atoms with van der Waals surface area (Å²) in [5, 5.41) is 8.57. The zero-order chi connectivity index (χ0) is 15.3. The van der Waals surface area contributed by atoms with Gasteiger partial charge in [-0.25, -0.2) is 12.8 Å². The molecule has 0 spiro atoms. The smallest absolute Gasteiger partial charge is 0.321 e. The molecule has 0 bridgehead atoms. The number of carboxylic acids is 1. The Morgan fingerprint density at radius 2 is 2.20 bits per heavy atom. The van der Waals surface area contributed by atoms with Crippen LogP contribution < -0.4 is 4.72 Å². The van der Waals surface area contributed by atoms with Gasteiger partial charge in [-0.05, 0) is 18.6 Å². The van der Waals surface area contributed by atoms with Crippen LogP contribution in [-0.2, 0) is 19.6 Å². The van der Waals surface area contributed by atoms with Crippen molar-refractivity contribution in [3.63, 3.8) is 0 Å². The monoisotopic (exact) mass is 325 g/mol. The molecule has 0 aliphatic heterocycles. The van der Waals surface area contributed by atoms with Crippen LogP contribution in [0.2, 0.25) is 5.02 Å². The maximum Gasteiger partial charge on any atom is 0.321 e. The summed E-state index contributed by atoms with van der Waals surface area (Å²) in [5.74, 6) is -2.51. The number of carboxylic acid groups (broad SMARTS) is 1. The lowest BCUT2D eigenvalue weighted by Gasteiger charge is -2.15. The molecule has 0 amide bonds. The topological polar surface area (TPSA) is 92.7 Å². The second-order valence-electron chi connectivity index (χ2n) is 3.85. The first-order chi connectivity index (χ1) is 9.29. The highest BCUT2D eigenvalue weighted by Crippen LogP contribution is 2.22. The van der Waals surface area contributed by atoms with Crippen LogP contribution in [0.3, 0.4) is 0 Å². The first kappa shape index (κ1) is 16.8. The maximum atomic E-state index is 13.7. The van der Waals surface area contributed by atoms with Gasteiger partial charge in [0.05, 0.1) is 5.02 Å². The van der Waals surface area contributed by atoms with Gasteiger partial charge in [0.2, 0.25) is 10.0 Å². The van der Waals surface area contributed by atoms with Gasteiger partial charge >= 0.3 is 5.97 Å². The summed E-state index contributed by atoms with van der Waals surface area (Å²) in [6, 6.07) is 2.03. The standard InChI is InChI=1S/C11H13ClFNO5S/c1-19-6-5-8(11(15)16)14-20(17,18)9-4-2-3-7(12)10(9)13/h2-4,8,14H,5-6H2,1H3,(H,15,16). The molecule has 1 aromatic carbocycles. The molecule has 0 radical (unpaired) electrons. The summed E-state index contributed by atoms with van der Waals surface area (Å²) in [6.45, 7) is 0.0392. The zero-order valence-corrected chi connectivity index (χ0v) is 12.0. The summed E-state index contributed by atoms with van der Waals surface area (Å²) in [4.78, 5) is 10.3. The third-order valence-corrected chi connectivity index (χ3v) is 4.19. The van der Waals surface area contributed by atoms with E-state index < -0.39 is 32.7 Å². The third kappa shape index (κ3) is 4.14. The molecule has 0 aliphatic rings. The number of nitrogens with one attached hydrogen (secondary N) is 1. The summed E-state index contributed by atoms with van der Waals surface area (Å²) >= 11 is 5.50. The molecular formula is C11H13ClFNO5S. The molecule has 1 aromatic rings. The molecular weight excluding hydrogens is 313 g/mol. The van der Waals surface area contributed by atoms with Gasteiger partial charge in [-0.15, -0.1) is 0 Å². The summed E-state index contributed by atoms with van der Waals surface area (Å²) in [6.07, 6.45) is -0.0900. The normalized spacial score (nSPS) is 13.2. The zero-order valence-electron chi connectivity index (χ0n) is 10.5. The summed E-state index contributed by atoms with van der Waals surface area (Å²) in [7, 11) is -2.98. The molecule has 0 fully saturated rings. The van der Waals surface area contributed by atoms with E-state index in [0.29, 0.717) is 0 Å². The molecule has 0 saturated heterocycles. The van der Waals surface area contributed by atoms with E-state index in [2.05, 4.69) is 0 Å². The first-order valence-electron chi connectivity index (χ1n) is 5.47. The second-order valence-corrected chi connectivity index (χ2v) is 5.94. The van der Waals surface area contributed by atoms with Crippen LogP contribution in [0.4, 0.5) is 4.39 Å². The van der Waals surface area contributed by atoms with Crippen molar-refractivity contribution in [2.24, 2.45) is 0 Å². The Hall–Kier alpha value is -1.22. The number of aliphatic carboxylic acids is 1. The average molecular weight is 326 g/mol. The Morgan fingerprint density at radius 1 is 1.55 bits per heavy atom. The van der Waals surface area contributed by atoms with Crippen molar-refractivity contribution in [1.29, 1.82) is 0 Å². The van der Waals surface area contributed by atoms with E-state index in [1.165, 1.54) is 19.2 Å². The van der Waals surface area contributed by atoms with Crippen LogP contribution in [0, 0.1) is 5.82 Å². The van der Waals surface area contributed by atoms with E-state index >= 15 is 0 Å². The fourth-order valence-electron chi connectivity index (χ4n) is 1.41. The number of rotatable bonds is 7. The van der Waals surface area contributed by atoms with Gasteiger partial charge in [-0.2, -0.15) is 4.72 Å². The molecule has 1 unspecified atom stereocenters. The molecule has 0 heterocycles. The van der Waals surface area contributed by atoms with Crippen molar-refractivity contribution in [2.45, 2.75) is 17.4 Å². The molecule has 2 N–H and O–H groups in total. The number of hydrogen-bond acceptors (Lipinski definition) is 4. The lowest BCUT2D eigenvalue weighted by molar-refractivity contribution is -0.139. The van der Waals surface area contributed by atoms with Gasteiger partial charge in [0, 0.05) is 13.7 Å².